The summed E-state index contributed by atoms with van der Waals surface area (Å²) in [5, 5.41) is 3.44. The number of aromatic nitrogens is 1. The van der Waals surface area contributed by atoms with E-state index in [1.807, 2.05) is 12.1 Å². The van der Waals surface area contributed by atoms with Gasteiger partial charge in [-0.25, -0.2) is 0 Å². The van der Waals surface area contributed by atoms with Crippen molar-refractivity contribution in [3.8, 4) is 5.88 Å². The molecule has 0 aliphatic carbocycles. The molecular weight excluding hydrogens is 238 g/mol. The number of hydrogen-bond acceptors (Lipinski definition) is 4. The molecule has 19 heavy (non-hydrogen) atoms. The molecule has 0 saturated heterocycles. The van der Waals surface area contributed by atoms with Crippen LogP contribution in [0.25, 0.3) is 0 Å². The molecule has 0 aliphatic heterocycles. The molecule has 0 amide bonds. The zero-order valence-electron chi connectivity index (χ0n) is 12.6. The Balaban J connectivity index is 2.73. The maximum absolute atomic E-state index is 5.86. The van der Waals surface area contributed by atoms with E-state index in [2.05, 4.69) is 38.0 Å². The molecule has 1 atom stereocenters. The monoisotopic (exact) mass is 265 g/mol. The van der Waals surface area contributed by atoms with Crippen LogP contribution in [-0.4, -0.2) is 17.6 Å². The summed E-state index contributed by atoms with van der Waals surface area (Å²) >= 11 is 0. The molecule has 0 aromatic carbocycles. The van der Waals surface area contributed by atoms with E-state index in [1.165, 1.54) is 12.8 Å². The second kappa shape index (κ2) is 7.87. The first-order valence-corrected chi connectivity index (χ1v) is 7.28. The van der Waals surface area contributed by atoms with Gasteiger partial charge in [0, 0.05) is 6.04 Å². The number of hydrogen-bond donors (Lipinski definition) is 2. The van der Waals surface area contributed by atoms with Crippen LogP contribution in [0.2, 0.25) is 0 Å². The molecule has 1 aromatic rings. The fraction of sp³-hybridized carbons (Fsp3) is 0.667. The first kappa shape index (κ1) is 15.6. The van der Waals surface area contributed by atoms with Crippen LogP contribution in [0.5, 0.6) is 5.88 Å². The van der Waals surface area contributed by atoms with Crippen molar-refractivity contribution in [2.24, 2.45) is 5.92 Å². The van der Waals surface area contributed by atoms with Crippen LogP contribution in [-0.2, 0) is 0 Å². The lowest BCUT2D eigenvalue weighted by Crippen LogP contribution is -2.25. The Morgan fingerprint density at radius 2 is 1.95 bits per heavy atom. The first-order chi connectivity index (χ1) is 9.12. The molecule has 4 nitrogen and oxygen atoms in total. The molecule has 0 fully saturated rings. The quantitative estimate of drug-likeness (QED) is 0.752. The van der Waals surface area contributed by atoms with Crippen molar-refractivity contribution in [1.29, 1.82) is 0 Å². The van der Waals surface area contributed by atoms with E-state index in [4.69, 9.17) is 10.5 Å². The van der Waals surface area contributed by atoms with Crippen LogP contribution in [0.3, 0.4) is 0 Å². The van der Waals surface area contributed by atoms with Gasteiger partial charge in [-0.1, -0.05) is 33.6 Å². The number of rotatable bonds is 8. The summed E-state index contributed by atoms with van der Waals surface area (Å²) in [7, 11) is 0. The molecule has 0 bridgehead atoms. The Morgan fingerprint density at radius 1 is 1.26 bits per heavy atom. The highest BCUT2D eigenvalue weighted by Gasteiger charge is 2.14. The third kappa shape index (κ3) is 4.62. The van der Waals surface area contributed by atoms with E-state index in [0.29, 0.717) is 30.1 Å². The van der Waals surface area contributed by atoms with E-state index in [9.17, 15) is 0 Å². The summed E-state index contributed by atoms with van der Waals surface area (Å²) in [6, 6.07) is 4.15. The molecule has 0 saturated carbocycles. The molecule has 1 unspecified atom stereocenters. The molecule has 1 aromatic heterocycles. The summed E-state index contributed by atoms with van der Waals surface area (Å²) in [5.74, 6) is 2.02. The van der Waals surface area contributed by atoms with Gasteiger partial charge in [0.2, 0.25) is 5.88 Å². The van der Waals surface area contributed by atoms with Crippen molar-refractivity contribution in [1.82, 2.24) is 4.98 Å². The summed E-state index contributed by atoms with van der Waals surface area (Å²) < 4.78 is 5.55. The van der Waals surface area contributed by atoms with Gasteiger partial charge >= 0.3 is 0 Å². The van der Waals surface area contributed by atoms with Gasteiger partial charge in [-0.3, -0.25) is 0 Å². The van der Waals surface area contributed by atoms with E-state index >= 15 is 0 Å². The van der Waals surface area contributed by atoms with Crippen molar-refractivity contribution in [2.75, 3.05) is 17.7 Å². The molecule has 1 heterocycles. The van der Waals surface area contributed by atoms with Gasteiger partial charge < -0.3 is 15.8 Å². The van der Waals surface area contributed by atoms with Crippen molar-refractivity contribution >= 4 is 11.5 Å². The number of nitrogen functional groups attached to an aromatic ring is 1. The molecule has 108 valence electrons. The van der Waals surface area contributed by atoms with Crippen LogP contribution in [0, 0.1) is 5.92 Å². The minimum absolute atomic E-state index is 0.394. The van der Waals surface area contributed by atoms with Crippen molar-refractivity contribution in [3.63, 3.8) is 0 Å². The molecule has 0 spiro atoms. The molecule has 4 heteroatoms. The van der Waals surface area contributed by atoms with Crippen molar-refractivity contribution < 1.29 is 4.74 Å². The number of nitrogens with two attached hydrogens (primary N) is 1. The summed E-state index contributed by atoms with van der Waals surface area (Å²) in [6.45, 7) is 9.34. The first-order valence-electron chi connectivity index (χ1n) is 7.28. The van der Waals surface area contributed by atoms with Gasteiger partial charge in [0.05, 0.1) is 12.3 Å². The maximum Gasteiger partial charge on any atom is 0.239 e. The predicted octanol–water partition coefficient (Wildman–Crippen LogP) is 3.69. The van der Waals surface area contributed by atoms with Crippen molar-refractivity contribution in [2.45, 2.75) is 53.0 Å². The highest BCUT2D eigenvalue weighted by atomic mass is 16.5. The number of ether oxygens (including phenoxy) is 1. The third-order valence-electron chi connectivity index (χ3n) is 3.46. The Kier molecular flexibility index (Phi) is 6.46. The highest BCUT2D eigenvalue weighted by molar-refractivity contribution is 5.53. The number of nitrogens with one attached hydrogen (secondary N) is 1. The predicted molar refractivity (Wildman–Crippen MR) is 81.6 cm³/mol. The Bertz CT molecular complexity index is 378. The molecule has 3 N–H and O–H groups in total. The smallest absolute Gasteiger partial charge is 0.239 e. The van der Waals surface area contributed by atoms with Crippen LogP contribution >= 0.6 is 0 Å². The summed E-state index contributed by atoms with van der Waals surface area (Å²) in [4.78, 5) is 4.44. The summed E-state index contributed by atoms with van der Waals surface area (Å²) in [6.07, 6.45) is 3.28. The third-order valence-corrected chi connectivity index (χ3v) is 3.46. The second-order valence-electron chi connectivity index (χ2n) is 4.95. The molecule has 0 aliphatic rings. The Hall–Kier alpha value is -1.45. The fourth-order valence-corrected chi connectivity index (χ4v) is 2.19. The van der Waals surface area contributed by atoms with Gasteiger partial charge in [-0.2, -0.15) is 4.98 Å². The minimum atomic E-state index is 0.394. The lowest BCUT2D eigenvalue weighted by Gasteiger charge is -2.23. The highest BCUT2D eigenvalue weighted by Crippen LogP contribution is 2.23. The minimum Gasteiger partial charge on any atom is -0.476 e. The number of pyridine rings is 1. The number of anilines is 2. The Labute approximate surface area is 116 Å². The summed E-state index contributed by atoms with van der Waals surface area (Å²) in [5.41, 5.74) is 6.45. The number of nitrogens with zero attached hydrogens (tertiary/aromatic N) is 1. The largest absolute Gasteiger partial charge is 0.476 e. The standard InChI is InChI=1S/C15H27N3O/c1-5-10-19-15-13(16)8-9-14(18-15)17-11(4)12(6-2)7-3/h8-9,11-12H,5-7,10,16H2,1-4H3,(H,17,18). The normalized spacial score (nSPS) is 12.5. The zero-order chi connectivity index (χ0) is 14.3. The molecule has 1 rings (SSSR count). The van der Waals surface area contributed by atoms with Crippen molar-refractivity contribution in [3.05, 3.63) is 12.1 Å². The van der Waals surface area contributed by atoms with Gasteiger partial charge in [-0.15, -0.1) is 0 Å². The lowest BCUT2D eigenvalue weighted by molar-refractivity contribution is 0.307. The van der Waals surface area contributed by atoms with E-state index in [-0.39, 0.29) is 0 Å². The second-order valence-corrected chi connectivity index (χ2v) is 4.95. The van der Waals surface area contributed by atoms with Crippen LogP contribution in [0.15, 0.2) is 12.1 Å². The van der Waals surface area contributed by atoms with E-state index < -0.39 is 0 Å². The average molecular weight is 265 g/mol. The maximum atomic E-state index is 5.86. The van der Waals surface area contributed by atoms with Gasteiger partial charge in [0.25, 0.3) is 0 Å². The lowest BCUT2D eigenvalue weighted by atomic mass is 9.95. The van der Waals surface area contributed by atoms with Gasteiger partial charge in [0.1, 0.15) is 5.82 Å². The SMILES string of the molecule is CCCOc1nc(NC(C)C(CC)CC)ccc1N. The fourth-order valence-electron chi connectivity index (χ4n) is 2.19. The van der Waals surface area contributed by atoms with Gasteiger partial charge in [0.15, 0.2) is 0 Å². The Morgan fingerprint density at radius 3 is 2.53 bits per heavy atom. The average Bonchev–Trinajstić information content (AvgIpc) is 2.40. The molecular formula is C15H27N3O. The van der Waals surface area contributed by atoms with Crippen LogP contribution < -0.4 is 15.8 Å². The topological polar surface area (TPSA) is 60.2 Å². The van der Waals surface area contributed by atoms with E-state index in [0.717, 1.165) is 12.2 Å². The van der Waals surface area contributed by atoms with Gasteiger partial charge in [-0.05, 0) is 31.4 Å². The zero-order valence-corrected chi connectivity index (χ0v) is 12.6. The van der Waals surface area contributed by atoms with Crippen LogP contribution in [0.1, 0.15) is 47.0 Å². The van der Waals surface area contributed by atoms with Crippen LogP contribution in [0.4, 0.5) is 11.5 Å². The molecule has 0 radical (unpaired) electrons. The van der Waals surface area contributed by atoms with E-state index in [1.54, 1.807) is 0 Å².